The van der Waals surface area contributed by atoms with Gasteiger partial charge in [0.2, 0.25) is 0 Å². The van der Waals surface area contributed by atoms with Crippen LogP contribution in [0.3, 0.4) is 0 Å². The van der Waals surface area contributed by atoms with Gasteiger partial charge in [-0.3, -0.25) is 0 Å². The molecule has 2 fully saturated rings. The molecule has 2 aliphatic rings. The van der Waals surface area contributed by atoms with Gasteiger partial charge in [-0.05, 0) is 108 Å². The van der Waals surface area contributed by atoms with Gasteiger partial charge < -0.3 is 20.9 Å². The van der Waals surface area contributed by atoms with E-state index in [2.05, 4.69) is 70.1 Å². The normalized spacial score (nSPS) is 18.7. The summed E-state index contributed by atoms with van der Waals surface area (Å²) in [4.78, 5) is 18.5. The number of hydrogen-bond donors (Lipinski definition) is 2. The van der Waals surface area contributed by atoms with Crippen molar-refractivity contribution in [1.29, 1.82) is 0 Å². The molecule has 3 aromatic rings. The van der Waals surface area contributed by atoms with Gasteiger partial charge in [-0.1, -0.05) is 0 Å². The number of nitrogens with zero attached hydrogens (tertiary/aromatic N) is 5. The molecule has 2 saturated heterocycles. The lowest BCUT2D eigenvalue weighted by atomic mass is 9.79. The number of pyridine rings is 1. The van der Waals surface area contributed by atoms with E-state index in [1.54, 1.807) is 6.33 Å². The Morgan fingerprint density at radius 1 is 0.909 bits per heavy atom. The standard InChI is InChI=1S/C24H29Br2N7/c1-32-6-2-15(3-7-32)16-4-8-33(9-5-16)22-12-18-21(13-28-22)29-14-30-24(18)31-17-10-19(25)23(27)20(26)11-17/h10-16H,2-9,27H2,1H3,(H,29,30,31). The Balaban J connectivity index is 1.33. The third-order valence-corrected chi connectivity index (χ3v) is 8.45. The predicted molar refractivity (Wildman–Crippen MR) is 142 cm³/mol. The first-order valence-corrected chi connectivity index (χ1v) is 13.1. The van der Waals surface area contributed by atoms with Gasteiger partial charge in [0, 0.05) is 33.1 Å². The highest BCUT2D eigenvalue weighted by Gasteiger charge is 2.29. The van der Waals surface area contributed by atoms with E-state index in [9.17, 15) is 0 Å². The lowest BCUT2D eigenvalue weighted by Gasteiger charge is -2.39. The van der Waals surface area contributed by atoms with E-state index >= 15 is 0 Å². The minimum absolute atomic E-state index is 0.670. The monoisotopic (exact) mass is 573 g/mol. The minimum atomic E-state index is 0.670. The molecule has 0 unspecified atom stereocenters. The molecular weight excluding hydrogens is 546 g/mol. The van der Waals surface area contributed by atoms with Gasteiger partial charge in [0.05, 0.1) is 17.4 Å². The molecule has 174 valence electrons. The molecule has 0 saturated carbocycles. The number of aromatic nitrogens is 3. The quantitative estimate of drug-likeness (QED) is 0.402. The van der Waals surface area contributed by atoms with Crippen LogP contribution in [-0.2, 0) is 0 Å². The molecule has 0 aliphatic carbocycles. The fourth-order valence-corrected chi connectivity index (χ4v) is 6.30. The highest BCUT2D eigenvalue weighted by atomic mass is 79.9. The van der Waals surface area contributed by atoms with Crippen LogP contribution in [0.1, 0.15) is 25.7 Å². The molecule has 9 heteroatoms. The molecule has 2 aromatic heterocycles. The van der Waals surface area contributed by atoms with Crippen molar-refractivity contribution in [1.82, 2.24) is 19.9 Å². The van der Waals surface area contributed by atoms with E-state index in [1.165, 1.54) is 38.8 Å². The number of piperidine rings is 2. The summed E-state index contributed by atoms with van der Waals surface area (Å²) in [6.45, 7) is 4.61. The number of hydrogen-bond acceptors (Lipinski definition) is 7. The van der Waals surface area contributed by atoms with Crippen molar-refractivity contribution in [3.63, 3.8) is 0 Å². The second-order valence-electron chi connectivity index (χ2n) is 9.23. The number of benzene rings is 1. The number of nitrogens with one attached hydrogen (secondary N) is 1. The number of fused-ring (bicyclic) bond motifs is 1. The summed E-state index contributed by atoms with van der Waals surface area (Å²) in [5.74, 6) is 3.49. The zero-order valence-corrected chi connectivity index (χ0v) is 21.9. The molecular formula is C24H29Br2N7. The Hall–Kier alpha value is -1.97. The van der Waals surface area contributed by atoms with Crippen LogP contribution in [0.15, 0.2) is 39.7 Å². The molecule has 1 aromatic carbocycles. The highest BCUT2D eigenvalue weighted by molar-refractivity contribution is 9.11. The van der Waals surface area contributed by atoms with Crippen molar-refractivity contribution < 1.29 is 0 Å². The van der Waals surface area contributed by atoms with Crippen molar-refractivity contribution in [2.75, 3.05) is 49.2 Å². The predicted octanol–water partition coefficient (Wildman–Crippen LogP) is 5.43. The van der Waals surface area contributed by atoms with Crippen molar-refractivity contribution in [3.05, 3.63) is 39.7 Å². The van der Waals surface area contributed by atoms with Gasteiger partial charge in [-0.25, -0.2) is 15.0 Å². The zero-order valence-electron chi connectivity index (χ0n) is 18.8. The third kappa shape index (κ3) is 4.95. The fraction of sp³-hybridized carbons (Fsp3) is 0.458. The minimum Gasteiger partial charge on any atom is -0.397 e. The average Bonchev–Trinajstić information content (AvgIpc) is 2.83. The summed E-state index contributed by atoms with van der Waals surface area (Å²) in [6, 6.07) is 6.02. The molecule has 0 radical (unpaired) electrons. The number of halogens is 2. The van der Waals surface area contributed by atoms with E-state index in [0.717, 1.165) is 62.1 Å². The molecule has 0 atom stereocenters. The van der Waals surface area contributed by atoms with Gasteiger partial charge in [0.1, 0.15) is 18.0 Å². The van der Waals surface area contributed by atoms with Crippen molar-refractivity contribution in [2.24, 2.45) is 11.8 Å². The Morgan fingerprint density at radius 3 is 2.21 bits per heavy atom. The summed E-state index contributed by atoms with van der Waals surface area (Å²) in [5.41, 5.74) is 8.42. The van der Waals surface area contributed by atoms with E-state index in [4.69, 9.17) is 10.7 Å². The van der Waals surface area contributed by atoms with Crippen LogP contribution in [0, 0.1) is 11.8 Å². The molecule has 3 N–H and O–H groups in total. The Kier molecular flexibility index (Phi) is 6.72. The zero-order chi connectivity index (χ0) is 22.9. The second-order valence-corrected chi connectivity index (χ2v) is 10.9. The summed E-state index contributed by atoms with van der Waals surface area (Å²) in [7, 11) is 2.24. The van der Waals surface area contributed by atoms with Crippen molar-refractivity contribution in [2.45, 2.75) is 25.7 Å². The first-order valence-electron chi connectivity index (χ1n) is 11.5. The second kappa shape index (κ2) is 9.72. The van der Waals surface area contributed by atoms with E-state index in [1.807, 2.05) is 18.3 Å². The molecule has 5 rings (SSSR count). The lowest BCUT2D eigenvalue weighted by Crippen LogP contribution is -2.40. The Bertz CT molecular complexity index is 1120. The van der Waals surface area contributed by atoms with Crippen molar-refractivity contribution in [3.8, 4) is 0 Å². The number of likely N-dealkylation sites (tertiary alicyclic amines) is 1. The first kappa shape index (κ1) is 22.8. The molecule has 0 bridgehead atoms. The number of rotatable bonds is 4. The summed E-state index contributed by atoms with van der Waals surface area (Å²) in [5, 5.41) is 4.38. The van der Waals surface area contributed by atoms with Crippen LogP contribution in [0.4, 0.5) is 23.0 Å². The Labute approximate surface area is 211 Å². The number of anilines is 4. The molecule has 33 heavy (non-hydrogen) atoms. The largest absolute Gasteiger partial charge is 0.397 e. The van der Waals surface area contributed by atoms with Crippen molar-refractivity contribution >= 4 is 65.8 Å². The molecule has 7 nitrogen and oxygen atoms in total. The summed E-state index contributed by atoms with van der Waals surface area (Å²) >= 11 is 7.03. The van der Waals surface area contributed by atoms with E-state index in [0.29, 0.717) is 5.69 Å². The van der Waals surface area contributed by atoms with Crippen LogP contribution in [0.25, 0.3) is 10.9 Å². The van der Waals surface area contributed by atoms with Crippen LogP contribution in [0.5, 0.6) is 0 Å². The topological polar surface area (TPSA) is 83.2 Å². The van der Waals surface area contributed by atoms with Gasteiger partial charge in [0.25, 0.3) is 0 Å². The highest BCUT2D eigenvalue weighted by Crippen LogP contribution is 2.36. The van der Waals surface area contributed by atoms with Crippen LogP contribution in [-0.4, -0.2) is 53.1 Å². The average molecular weight is 575 g/mol. The van der Waals surface area contributed by atoms with Crippen LogP contribution >= 0.6 is 31.9 Å². The van der Waals surface area contributed by atoms with Gasteiger partial charge in [-0.15, -0.1) is 0 Å². The Morgan fingerprint density at radius 2 is 1.55 bits per heavy atom. The maximum atomic E-state index is 6.04. The SMILES string of the molecule is CN1CCC(C2CCN(c3cc4c(Nc5cc(Br)c(N)c(Br)c5)ncnc4cn3)CC2)CC1. The van der Waals surface area contributed by atoms with E-state index < -0.39 is 0 Å². The molecule has 0 amide bonds. The maximum absolute atomic E-state index is 6.04. The lowest BCUT2D eigenvalue weighted by molar-refractivity contribution is 0.154. The first-order chi connectivity index (χ1) is 16.0. The summed E-state index contributed by atoms with van der Waals surface area (Å²) in [6.07, 6.45) is 8.62. The van der Waals surface area contributed by atoms with Gasteiger partial charge in [0.15, 0.2) is 0 Å². The van der Waals surface area contributed by atoms with E-state index in [-0.39, 0.29) is 0 Å². The van der Waals surface area contributed by atoms with Gasteiger partial charge >= 0.3 is 0 Å². The van der Waals surface area contributed by atoms with Gasteiger partial charge in [-0.2, -0.15) is 0 Å². The fourth-order valence-electron chi connectivity index (χ4n) is 5.11. The molecule has 2 aliphatic heterocycles. The molecule has 0 spiro atoms. The van der Waals surface area contributed by atoms with Crippen LogP contribution < -0.4 is 16.0 Å². The number of nitrogens with two attached hydrogens (primary N) is 1. The van der Waals surface area contributed by atoms with Crippen LogP contribution in [0.2, 0.25) is 0 Å². The maximum Gasteiger partial charge on any atom is 0.141 e. The summed E-state index contributed by atoms with van der Waals surface area (Å²) < 4.78 is 1.65. The third-order valence-electron chi connectivity index (χ3n) is 7.14. The molecule has 4 heterocycles. The number of nitrogen functional groups attached to an aromatic ring is 1. The smallest absolute Gasteiger partial charge is 0.141 e.